The van der Waals surface area contributed by atoms with Crippen molar-refractivity contribution < 1.29 is 9.47 Å². The average Bonchev–Trinajstić information content (AvgIpc) is 2.55. The molecule has 0 heterocycles. The number of hydrogen-bond donors (Lipinski definition) is 2. The van der Waals surface area contributed by atoms with Crippen LogP contribution in [0, 0.1) is 6.92 Å². The number of benzene rings is 2. The molecule has 0 amide bonds. The average molecular weight is 330 g/mol. The van der Waals surface area contributed by atoms with Gasteiger partial charge < -0.3 is 20.1 Å². The van der Waals surface area contributed by atoms with Gasteiger partial charge in [-0.3, -0.25) is 0 Å². The van der Waals surface area contributed by atoms with E-state index in [2.05, 4.69) is 36.6 Å². The van der Waals surface area contributed by atoms with E-state index in [4.69, 9.17) is 21.7 Å². The maximum Gasteiger partial charge on any atom is 0.171 e. The molecule has 2 aromatic carbocycles. The molecule has 23 heavy (non-hydrogen) atoms. The lowest BCUT2D eigenvalue weighted by Gasteiger charge is -2.20. The second kappa shape index (κ2) is 7.83. The molecule has 0 saturated carbocycles. The lowest BCUT2D eigenvalue weighted by atomic mass is 10.0. The Balaban J connectivity index is 2.06. The molecule has 0 aliphatic heterocycles. The normalized spacial score (nSPS) is 11.5. The summed E-state index contributed by atoms with van der Waals surface area (Å²) in [6.07, 6.45) is 0. The predicted molar refractivity (Wildman–Crippen MR) is 98.5 cm³/mol. The van der Waals surface area contributed by atoms with Crippen molar-refractivity contribution in [2.75, 3.05) is 19.5 Å². The van der Waals surface area contributed by atoms with Crippen LogP contribution in [0.25, 0.3) is 0 Å². The summed E-state index contributed by atoms with van der Waals surface area (Å²) in [5.74, 6) is 1.41. The van der Waals surface area contributed by atoms with Crippen LogP contribution < -0.4 is 20.1 Å². The first-order chi connectivity index (χ1) is 11.0. The van der Waals surface area contributed by atoms with Crippen molar-refractivity contribution in [2.24, 2.45) is 0 Å². The fraction of sp³-hybridized carbons (Fsp3) is 0.278. The Morgan fingerprint density at radius 3 is 2.48 bits per heavy atom. The first kappa shape index (κ1) is 17.1. The van der Waals surface area contributed by atoms with Crippen LogP contribution in [0.4, 0.5) is 5.69 Å². The Morgan fingerprint density at radius 2 is 1.83 bits per heavy atom. The first-order valence-corrected chi connectivity index (χ1v) is 7.81. The van der Waals surface area contributed by atoms with E-state index in [1.54, 1.807) is 14.2 Å². The zero-order valence-electron chi connectivity index (χ0n) is 13.8. The third kappa shape index (κ3) is 4.36. The molecule has 1 atom stereocenters. The lowest BCUT2D eigenvalue weighted by Crippen LogP contribution is -2.31. The largest absolute Gasteiger partial charge is 0.497 e. The van der Waals surface area contributed by atoms with Gasteiger partial charge in [-0.05, 0) is 49.3 Å². The number of aryl methyl sites for hydroxylation is 1. The minimum Gasteiger partial charge on any atom is -0.497 e. The van der Waals surface area contributed by atoms with Crippen LogP contribution >= 0.6 is 12.2 Å². The van der Waals surface area contributed by atoms with Gasteiger partial charge in [0.05, 0.1) is 25.9 Å². The van der Waals surface area contributed by atoms with E-state index in [9.17, 15) is 0 Å². The van der Waals surface area contributed by atoms with Crippen LogP contribution in [0.3, 0.4) is 0 Å². The Hall–Kier alpha value is -2.27. The quantitative estimate of drug-likeness (QED) is 0.809. The molecule has 122 valence electrons. The van der Waals surface area contributed by atoms with E-state index in [1.165, 1.54) is 11.1 Å². The molecular weight excluding hydrogens is 308 g/mol. The van der Waals surface area contributed by atoms with Crippen molar-refractivity contribution in [2.45, 2.75) is 19.9 Å². The molecule has 2 aromatic rings. The number of thiocarbonyl (C=S) groups is 1. The Bertz CT molecular complexity index is 688. The van der Waals surface area contributed by atoms with Crippen LogP contribution in [-0.4, -0.2) is 19.3 Å². The Morgan fingerprint density at radius 1 is 1.09 bits per heavy atom. The van der Waals surface area contributed by atoms with Crippen LogP contribution in [0.2, 0.25) is 0 Å². The highest BCUT2D eigenvalue weighted by atomic mass is 32.1. The maximum atomic E-state index is 5.42. The van der Waals surface area contributed by atoms with Gasteiger partial charge in [-0.2, -0.15) is 0 Å². The smallest absolute Gasteiger partial charge is 0.171 e. The fourth-order valence-electron chi connectivity index (χ4n) is 2.41. The number of hydrogen-bond acceptors (Lipinski definition) is 3. The van der Waals surface area contributed by atoms with E-state index in [-0.39, 0.29) is 6.04 Å². The van der Waals surface area contributed by atoms with Crippen LogP contribution in [-0.2, 0) is 0 Å². The van der Waals surface area contributed by atoms with Crippen molar-refractivity contribution in [1.29, 1.82) is 0 Å². The van der Waals surface area contributed by atoms with Crippen molar-refractivity contribution in [1.82, 2.24) is 5.32 Å². The van der Waals surface area contributed by atoms with E-state index in [0.717, 1.165) is 11.4 Å². The summed E-state index contributed by atoms with van der Waals surface area (Å²) in [5, 5.41) is 7.02. The molecule has 0 radical (unpaired) electrons. The highest BCUT2D eigenvalue weighted by molar-refractivity contribution is 7.80. The number of anilines is 1. The van der Waals surface area contributed by atoms with Crippen molar-refractivity contribution in [3.63, 3.8) is 0 Å². The summed E-state index contributed by atoms with van der Waals surface area (Å²) in [5.41, 5.74) is 3.25. The van der Waals surface area contributed by atoms with E-state index < -0.39 is 0 Å². The van der Waals surface area contributed by atoms with Gasteiger partial charge in [0.2, 0.25) is 0 Å². The minimum absolute atomic E-state index is 0.112. The van der Waals surface area contributed by atoms with Gasteiger partial charge in [0.1, 0.15) is 11.5 Å². The first-order valence-electron chi connectivity index (χ1n) is 7.40. The summed E-state index contributed by atoms with van der Waals surface area (Å²) >= 11 is 5.42. The summed E-state index contributed by atoms with van der Waals surface area (Å²) in [4.78, 5) is 0. The van der Waals surface area contributed by atoms with E-state index in [0.29, 0.717) is 10.9 Å². The zero-order chi connectivity index (χ0) is 16.8. The van der Waals surface area contributed by atoms with Crippen LogP contribution in [0.15, 0.2) is 42.5 Å². The molecule has 0 saturated heterocycles. The number of methoxy groups -OCH3 is 2. The third-order valence-corrected chi connectivity index (χ3v) is 3.88. The molecule has 0 bridgehead atoms. The van der Waals surface area contributed by atoms with Crippen molar-refractivity contribution in [3.05, 3.63) is 53.6 Å². The fourth-order valence-corrected chi connectivity index (χ4v) is 2.69. The molecule has 0 spiro atoms. The molecule has 1 unspecified atom stereocenters. The summed E-state index contributed by atoms with van der Waals surface area (Å²) in [6, 6.07) is 13.9. The Kier molecular flexibility index (Phi) is 5.82. The summed E-state index contributed by atoms with van der Waals surface area (Å²) in [6.45, 7) is 4.18. The predicted octanol–water partition coefficient (Wildman–Crippen LogP) is 4.06. The van der Waals surface area contributed by atoms with Gasteiger partial charge in [0, 0.05) is 6.07 Å². The number of ether oxygens (including phenoxy) is 2. The van der Waals surface area contributed by atoms with Crippen LogP contribution in [0.1, 0.15) is 24.1 Å². The number of rotatable bonds is 5. The van der Waals surface area contributed by atoms with Gasteiger partial charge in [-0.25, -0.2) is 0 Å². The lowest BCUT2D eigenvalue weighted by molar-refractivity contribution is 0.395. The second-order valence-corrected chi connectivity index (χ2v) is 5.65. The summed E-state index contributed by atoms with van der Waals surface area (Å²) in [7, 11) is 3.24. The van der Waals surface area contributed by atoms with Gasteiger partial charge in [0.15, 0.2) is 5.11 Å². The monoisotopic (exact) mass is 330 g/mol. The molecule has 2 N–H and O–H groups in total. The van der Waals surface area contributed by atoms with Gasteiger partial charge >= 0.3 is 0 Å². The molecule has 5 heteroatoms. The van der Waals surface area contributed by atoms with Crippen molar-refractivity contribution >= 4 is 23.0 Å². The van der Waals surface area contributed by atoms with Gasteiger partial charge in [-0.1, -0.05) is 24.3 Å². The SMILES string of the molecule is COc1ccc(NC(=S)NC(C)c2ccccc2C)c(OC)c1. The van der Waals surface area contributed by atoms with Gasteiger partial charge in [-0.15, -0.1) is 0 Å². The molecular formula is C18H22N2O2S. The highest BCUT2D eigenvalue weighted by Gasteiger charge is 2.11. The molecule has 0 aliphatic carbocycles. The summed E-state index contributed by atoms with van der Waals surface area (Å²) < 4.78 is 10.6. The second-order valence-electron chi connectivity index (χ2n) is 5.24. The topological polar surface area (TPSA) is 42.5 Å². The van der Waals surface area contributed by atoms with Crippen LogP contribution in [0.5, 0.6) is 11.5 Å². The third-order valence-electron chi connectivity index (χ3n) is 3.66. The molecule has 0 fully saturated rings. The molecule has 0 aliphatic rings. The standard InChI is InChI=1S/C18H22N2O2S/c1-12-7-5-6-8-15(12)13(2)19-18(23)20-16-10-9-14(21-3)11-17(16)22-4/h5-11,13H,1-4H3,(H2,19,20,23). The van der Waals surface area contributed by atoms with E-state index in [1.807, 2.05) is 30.3 Å². The highest BCUT2D eigenvalue weighted by Crippen LogP contribution is 2.29. The zero-order valence-corrected chi connectivity index (χ0v) is 14.7. The number of nitrogens with one attached hydrogen (secondary N) is 2. The minimum atomic E-state index is 0.112. The maximum absolute atomic E-state index is 5.42. The van der Waals surface area contributed by atoms with E-state index >= 15 is 0 Å². The van der Waals surface area contributed by atoms with Gasteiger partial charge in [0.25, 0.3) is 0 Å². The molecule has 4 nitrogen and oxygen atoms in total. The molecule has 2 rings (SSSR count). The van der Waals surface area contributed by atoms with Crippen molar-refractivity contribution in [3.8, 4) is 11.5 Å². The Labute approximate surface area is 142 Å². The molecule has 0 aromatic heterocycles.